The summed E-state index contributed by atoms with van der Waals surface area (Å²) >= 11 is 5.89. The Kier molecular flexibility index (Phi) is 5.18. The van der Waals surface area contributed by atoms with Crippen molar-refractivity contribution in [1.82, 2.24) is 0 Å². The maximum atomic E-state index is 8.94. The number of ether oxygens (including phenoxy) is 1. The van der Waals surface area contributed by atoms with Gasteiger partial charge in [-0.3, -0.25) is 0 Å². The summed E-state index contributed by atoms with van der Waals surface area (Å²) in [4.78, 5) is 0. The van der Waals surface area contributed by atoms with Crippen LogP contribution in [0.4, 0.5) is 0 Å². The van der Waals surface area contributed by atoms with E-state index in [0.717, 1.165) is 12.0 Å². The predicted molar refractivity (Wildman–Crippen MR) is 65.8 cm³/mol. The summed E-state index contributed by atoms with van der Waals surface area (Å²) < 4.78 is 5.54. The number of halogens is 1. The van der Waals surface area contributed by atoms with E-state index < -0.39 is 0 Å². The van der Waals surface area contributed by atoms with Crippen molar-refractivity contribution in [3.8, 4) is 17.6 Å². The number of aliphatic hydroxyl groups is 1. The number of hydrogen-bond donors (Lipinski definition) is 1. The van der Waals surface area contributed by atoms with Gasteiger partial charge in [0.2, 0.25) is 0 Å². The van der Waals surface area contributed by atoms with Crippen LogP contribution in [0.5, 0.6) is 5.75 Å². The van der Waals surface area contributed by atoms with Gasteiger partial charge < -0.3 is 9.84 Å². The Morgan fingerprint density at radius 1 is 1.50 bits per heavy atom. The first-order chi connectivity index (χ1) is 7.67. The molecule has 1 rings (SSSR count). The Morgan fingerprint density at radius 2 is 2.25 bits per heavy atom. The van der Waals surface area contributed by atoms with E-state index >= 15 is 0 Å². The van der Waals surface area contributed by atoms with Crippen LogP contribution in [0.25, 0.3) is 0 Å². The largest absolute Gasteiger partial charge is 0.487 e. The quantitative estimate of drug-likeness (QED) is 0.821. The molecule has 0 spiro atoms. The maximum absolute atomic E-state index is 8.94. The van der Waals surface area contributed by atoms with Crippen LogP contribution in [0.1, 0.15) is 25.8 Å². The summed E-state index contributed by atoms with van der Waals surface area (Å²) in [6.45, 7) is 3.74. The average Bonchev–Trinajstić information content (AvgIpc) is 2.28. The zero-order chi connectivity index (χ0) is 12.0. The molecule has 2 nitrogen and oxygen atoms in total. The third-order valence-electron chi connectivity index (χ3n) is 1.93. The Bertz CT molecular complexity index is 404. The van der Waals surface area contributed by atoms with Gasteiger partial charge in [0.15, 0.2) is 0 Å². The van der Waals surface area contributed by atoms with E-state index in [1.807, 2.05) is 13.0 Å². The zero-order valence-corrected chi connectivity index (χ0v) is 10.2. The topological polar surface area (TPSA) is 29.5 Å². The van der Waals surface area contributed by atoms with Gasteiger partial charge in [-0.1, -0.05) is 30.4 Å². The van der Waals surface area contributed by atoms with Crippen molar-refractivity contribution in [3.63, 3.8) is 0 Å². The van der Waals surface area contributed by atoms with E-state index in [-0.39, 0.29) is 12.7 Å². The van der Waals surface area contributed by atoms with Crippen molar-refractivity contribution < 1.29 is 9.84 Å². The minimum absolute atomic E-state index is 0.0346. The van der Waals surface area contributed by atoms with Gasteiger partial charge in [0.1, 0.15) is 11.9 Å². The molecule has 1 N–H and O–H groups in total. The van der Waals surface area contributed by atoms with Gasteiger partial charge in [0.25, 0.3) is 0 Å². The minimum Gasteiger partial charge on any atom is -0.487 e. The van der Waals surface area contributed by atoms with E-state index in [2.05, 4.69) is 11.8 Å². The van der Waals surface area contributed by atoms with Crippen molar-refractivity contribution >= 4 is 11.6 Å². The molecule has 3 heteroatoms. The van der Waals surface area contributed by atoms with Crippen LogP contribution < -0.4 is 4.74 Å². The first kappa shape index (κ1) is 12.9. The molecule has 0 heterocycles. The summed E-state index contributed by atoms with van der Waals surface area (Å²) in [6, 6.07) is 5.31. The van der Waals surface area contributed by atoms with Crippen molar-refractivity contribution in [3.05, 3.63) is 28.8 Å². The molecule has 0 radical (unpaired) electrons. The molecule has 0 fully saturated rings. The fraction of sp³-hybridized carbons (Fsp3) is 0.385. The molecule has 1 atom stereocenters. The minimum atomic E-state index is -0.263. The highest BCUT2D eigenvalue weighted by Gasteiger charge is 2.07. The molecule has 0 aliphatic carbocycles. The Balaban J connectivity index is 2.98. The Hall–Kier alpha value is -1.17. The molecular formula is C13H15ClO2. The van der Waals surface area contributed by atoms with Crippen LogP contribution in [0.3, 0.4) is 0 Å². The molecule has 86 valence electrons. The van der Waals surface area contributed by atoms with Gasteiger partial charge in [-0.2, -0.15) is 0 Å². The number of hydrogen-bond acceptors (Lipinski definition) is 2. The van der Waals surface area contributed by atoms with Crippen LogP contribution in [0, 0.1) is 11.8 Å². The van der Waals surface area contributed by atoms with Gasteiger partial charge in [-0.15, -0.1) is 0 Å². The zero-order valence-electron chi connectivity index (χ0n) is 9.46. The van der Waals surface area contributed by atoms with Crippen LogP contribution >= 0.6 is 11.6 Å². The summed E-state index contributed by atoms with van der Waals surface area (Å²) in [5, 5.41) is 9.54. The number of rotatable bonds is 3. The first-order valence-corrected chi connectivity index (χ1v) is 5.61. The van der Waals surface area contributed by atoms with Gasteiger partial charge >= 0.3 is 0 Å². The van der Waals surface area contributed by atoms with Crippen LogP contribution in [-0.4, -0.2) is 17.8 Å². The molecule has 1 aromatic carbocycles. The SMILES string of the molecule is CCC#Cc1ccc(Cl)cc1O[C@H](C)CO. The lowest BCUT2D eigenvalue weighted by Gasteiger charge is -2.13. The fourth-order valence-electron chi connectivity index (χ4n) is 1.13. The third kappa shape index (κ3) is 3.77. The molecule has 0 bridgehead atoms. The van der Waals surface area contributed by atoms with Gasteiger partial charge in [0.05, 0.1) is 12.2 Å². The van der Waals surface area contributed by atoms with Gasteiger partial charge in [0, 0.05) is 17.5 Å². The molecule has 0 saturated carbocycles. The Morgan fingerprint density at radius 3 is 2.88 bits per heavy atom. The number of benzene rings is 1. The van der Waals surface area contributed by atoms with Crippen LogP contribution in [0.15, 0.2) is 18.2 Å². The maximum Gasteiger partial charge on any atom is 0.136 e. The molecule has 1 aromatic rings. The highest BCUT2D eigenvalue weighted by atomic mass is 35.5. The summed E-state index contributed by atoms with van der Waals surface area (Å²) in [7, 11) is 0. The molecule has 16 heavy (non-hydrogen) atoms. The normalized spacial score (nSPS) is 11.5. The standard InChI is InChI=1S/C13H15ClO2/c1-3-4-5-11-6-7-12(14)8-13(11)16-10(2)9-15/h6-8,10,15H,3,9H2,1-2H3/t10-/m1/s1. The first-order valence-electron chi connectivity index (χ1n) is 5.23. The lowest BCUT2D eigenvalue weighted by molar-refractivity contribution is 0.129. The number of aliphatic hydroxyl groups excluding tert-OH is 1. The van der Waals surface area contributed by atoms with Crippen LogP contribution in [-0.2, 0) is 0 Å². The molecule has 0 aromatic heterocycles. The third-order valence-corrected chi connectivity index (χ3v) is 2.16. The summed E-state index contributed by atoms with van der Waals surface area (Å²) in [5.74, 6) is 6.60. The smallest absolute Gasteiger partial charge is 0.136 e. The summed E-state index contributed by atoms with van der Waals surface area (Å²) in [5.41, 5.74) is 0.798. The highest BCUT2D eigenvalue weighted by Crippen LogP contribution is 2.23. The molecular weight excluding hydrogens is 224 g/mol. The average molecular weight is 239 g/mol. The van der Waals surface area contributed by atoms with E-state index in [0.29, 0.717) is 10.8 Å². The van der Waals surface area contributed by atoms with Crippen molar-refractivity contribution in [2.75, 3.05) is 6.61 Å². The van der Waals surface area contributed by atoms with Gasteiger partial charge in [-0.05, 0) is 19.1 Å². The predicted octanol–water partition coefficient (Wildman–Crippen LogP) is 2.86. The second kappa shape index (κ2) is 6.42. The highest BCUT2D eigenvalue weighted by molar-refractivity contribution is 6.30. The van der Waals surface area contributed by atoms with E-state index in [9.17, 15) is 0 Å². The second-order valence-electron chi connectivity index (χ2n) is 3.41. The fourth-order valence-corrected chi connectivity index (χ4v) is 1.30. The molecule has 0 unspecified atom stereocenters. The molecule has 0 aliphatic heterocycles. The lowest BCUT2D eigenvalue weighted by Crippen LogP contribution is -2.16. The Labute approximate surface area is 101 Å². The van der Waals surface area contributed by atoms with Crippen LogP contribution in [0.2, 0.25) is 5.02 Å². The van der Waals surface area contributed by atoms with Gasteiger partial charge in [-0.25, -0.2) is 0 Å². The molecule has 0 amide bonds. The van der Waals surface area contributed by atoms with E-state index in [1.165, 1.54) is 0 Å². The lowest BCUT2D eigenvalue weighted by atomic mass is 10.2. The van der Waals surface area contributed by atoms with Crippen molar-refractivity contribution in [1.29, 1.82) is 0 Å². The second-order valence-corrected chi connectivity index (χ2v) is 3.84. The van der Waals surface area contributed by atoms with Crippen molar-refractivity contribution in [2.45, 2.75) is 26.4 Å². The molecule has 0 saturated heterocycles. The summed E-state index contributed by atoms with van der Waals surface area (Å²) in [6.07, 6.45) is 0.526. The van der Waals surface area contributed by atoms with E-state index in [4.69, 9.17) is 21.4 Å². The monoisotopic (exact) mass is 238 g/mol. The molecule has 0 aliphatic rings. The van der Waals surface area contributed by atoms with Crippen molar-refractivity contribution in [2.24, 2.45) is 0 Å². The van der Waals surface area contributed by atoms with E-state index in [1.54, 1.807) is 19.1 Å².